The topological polar surface area (TPSA) is 80.4 Å². The van der Waals surface area contributed by atoms with Crippen molar-refractivity contribution in [2.45, 2.75) is 10.8 Å². The molecule has 1 aromatic carbocycles. The predicted molar refractivity (Wildman–Crippen MR) is 65.9 cm³/mol. The van der Waals surface area contributed by atoms with Crippen LogP contribution in [0.4, 0.5) is 0 Å². The Morgan fingerprint density at radius 1 is 1.18 bits per heavy atom. The van der Waals surface area contributed by atoms with E-state index in [9.17, 15) is 13.0 Å². The lowest BCUT2D eigenvalue weighted by atomic mass is 9.87. The Hall–Kier alpha value is -1.43. The molecule has 0 fully saturated rings. The summed E-state index contributed by atoms with van der Waals surface area (Å²) < 4.78 is 31.3. The lowest BCUT2D eigenvalue weighted by molar-refractivity contribution is 0.436. The van der Waals surface area contributed by atoms with E-state index < -0.39 is 20.9 Å². The third-order valence-electron chi connectivity index (χ3n) is 2.92. The van der Waals surface area contributed by atoms with Crippen molar-refractivity contribution in [1.29, 1.82) is 0 Å². The van der Waals surface area contributed by atoms with Crippen LogP contribution in [0.5, 0.6) is 0 Å². The first-order chi connectivity index (χ1) is 7.98. The summed E-state index contributed by atoms with van der Waals surface area (Å²) in [5.74, 6) is 0. The van der Waals surface area contributed by atoms with Gasteiger partial charge in [-0.1, -0.05) is 54.6 Å². The van der Waals surface area contributed by atoms with Gasteiger partial charge in [0, 0.05) is 0 Å². The number of allylic oxidation sites excluding steroid dienone is 2. The standard InChI is InChI=1S/C12H13NO3S/c13-11-8-4-5-9-12(11,17(14,15)16)10-6-2-1-3-7-10/h1-9,11H,13H2,(H,14,15,16)/t11-,12+/m1/s1. The quantitative estimate of drug-likeness (QED) is 0.774. The molecule has 0 unspecified atom stereocenters. The monoisotopic (exact) mass is 251 g/mol. The molecule has 2 atom stereocenters. The Labute approximate surface area is 100 Å². The van der Waals surface area contributed by atoms with E-state index in [0.717, 1.165) is 0 Å². The average molecular weight is 251 g/mol. The maximum atomic E-state index is 11.7. The Morgan fingerprint density at radius 3 is 2.35 bits per heavy atom. The second kappa shape index (κ2) is 4.10. The highest BCUT2D eigenvalue weighted by molar-refractivity contribution is 7.87. The van der Waals surface area contributed by atoms with Crippen LogP contribution in [0, 0.1) is 0 Å². The maximum absolute atomic E-state index is 11.7. The predicted octanol–water partition coefficient (Wildman–Crippen LogP) is 1.22. The van der Waals surface area contributed by atoms with Crippen LogP contribution in [-0.2, 0) is 14.9 Å². The van der Waals surface area contributed by atoms with E-state index >= 15 is 0 Å². The molecule has 5 heteroatoms. The van der Waals surface area contributed by atoms with E-state index in [1.165, 1.54) is 6.08 Å². The van der Waals surface area contributed by atoms with Crippen LogP contribution in [0.3, 0.4) is 0 Å². The molecule has 1 aromatic rings. The minimum absolute atomic E-state index is 0.454. The van der Waals surface area contributed by atoms with Gasteiger partial charge in [0.05, 0.1) is 6.04 Å². The third-order valence-corrected chi connectivity index (χ3v) is 4.42. The Balaban J connectivity index is 2.70. The van der Waals surface area contributed by atoms with Gasteiger partial charge in [-0.2, -0.15) is 8.42 Å². The molecule has 0 amide bonds. The fraction of sp³-hybridized carbons (Fsp3) is 0.167. The largest absolute Gasteiger partial charge is 0.322 e. The molecule has 1 aliphatic carbocycles. The zero-order valence-corrected chi connectivity index (χ0v) is 9.84. The van der Waals surface area contributed by atoms with E-state index in [0.29, 0.717) is 5.56 Å². The molecular formula is C12H13NO3S. The molecule has 17 heavy (non-hydrogen) atoms. The first-order valence-corrected chi connectivity index (χ1v) is 6.56. The SMILES string of the molecule is N[C@@H]1C=CC=C[C@@]1(c1ccccc1)S(=O)(=O)O. The average Bonchev–Trinajstić information content (AvgIpc) is 2.29. The Morgan fingerprint density at radius 2 is 1.82 bits per heavy atom. The summed E-state index contributed by atoms with van der Waals surface area (Å²) in [5, 5.41) is 0. The molecular weight excluding hydrogens is 238 g/mol. The zero-order chi connectivity index (χ0) is 12.5. The molecule has 3 N–H and O–H groups in total. The van der Waals surface area contributed by atoms with Gasteiger partial charge >= 0.3 is 0 Å². The number of hydrogen-bond donors (Lipinski definition) is 2. The minimum Gasteiger partial charge on any atom is -0.322 e. The van der Waals surface area contributed by atoms with Crippen molar-refractivity contribution in [2.24, 2.45) is 5.73 Å². The second-order valence-corrected chi connectivity index (χ2v) is 5.53. The van der Waals surface area contributed by atoms with Crippen LogP contribution in [0.1, 0.15) is 5.56 Å². The van der Waals surface area contributed by atoms with Crippen molar-refractivity contribution in [3.63, 3.8) is 0 Å². The van der Waals surface area contributed by atoms with E-state index in [4.69, 9.17) is 5.73 Å². The van der Waals surface area contributed by atoms with Crippen molar-refractivity contribution in [1.82, 2.24) is 0 Å². The second-order valence-electron chi connectivity index (χ2n) is 3.90. The smallest absolute Gasteiger partial charge is 0.280 e. The van der Waals surface area contributed by atoms with Crippen LogP contribution in [0.15, 0.2) is 54.6 Å². The summed E-state index contributed by atoms with van der Waals surface area (Å²) in [5.41, 5.74) is 6.31. The fourth-order valence-electron chi connectivity index (χ4n) is 2.03. The molecule has 0 heterocycles. The van der Waals surface area contributed by atoms with Crippen molar-refractivity contribution in [3.05, 3.63) is 60.2 Å². The molecule has 0 radical (unpaired) electrons. The molecule has 4 nitrogen and oxygen atoms in total. The molecule has 0 saturated heterocycles. The van der Waals surface area contributed by atoms with Crippen LogP contribution in [0.25, 0.3) is 0 Å². The van der Waals surface area contributed by atoms with Gasteiger partial charge in [-0.15, -0.1) is 0 Å². The molecule has 2 rings (SSSR count). The van der Waals surface area contributed by atoms with Crippen molar-refractivity contribution >= 4 is 10.1 Å². The first-order valence-electron chi connectivity index (χ1n) is 5.12. The van der Waals surface area contributed by atoms with Gasteiger partial charge in [0.1, 0.15) is 0 Å². The minimum atomic E-state index is -4.35. The normalized spacial score (nSPS) is 28.2. The molecule has 0 spiro atoms. The molecule has 0 aliphatic heterocycles. The van der Waals surface area contributed by atoms with Crippen LogP contribution >= 0.6 is 0 Å². The van der Waals surface area contributed by atoms with Gasteiger partial charge < -0.3 is 5.73 Å². The Bertz CT molecular complexity index is 563. The summed E-state index contributed by atoms with van der Waals surface area (Å²) in [6.45, 7) is 0. The zero-order valence-electron chi connectivity index (χ0n) is 9.02. The maximum Gasteiger partial charge on any atom is 0.280 e. The highest BCUT2D eigenvalue weighted by Crippen LogP contribution is 2.36. The van der Waals surface area contributed by atoms with Crippen LogP contribution in [0.2, 0.25) is 0 Å². The van der Waals surface area contributed by atoms with Gasteiger partial charge in [0.2, 0.25) is 0 Å². The van der Waals surface area contributed by atoms with Gasteiger partial charge in [-0.3, -0.25) is 4.55 Å². The van der Waals surface area contributed by atoms with Gasteiger partial charge in [0.25, 0.3) is 10.1 Å². The van der Waals surface area contributed by atoms with Gasteiger partial charge in [0.15, 0.2) is 4.75 Å². The number of nitrogens with two attached hydrogens (primary N) is 1. The van der Waals surface area contributed by atoms with Crippen LogP contribution < -0.4 is 5.73 Å². The van der Waals surface area contributed by atoms with Crippen LogP contribution in [-0.4, -0.2) is 19.0 Å². The third kappa shape index (κ3) is 1.82. The highest BCUT2D eigenvalue weighted by Gasteiger charge is 2.47. The lowest BCUT2D eigenvalue weighted by Gasteiger charge is -2.33. The summed E-state index contributed by atoms with van der Waals surface area (Å²) >= 11 is 0. The van der Waals surface area contributed by atoms with E-state index in [2.05, 4.69) is 0 Å². The lowest BCUT2D eigenvalue weighted by Crippen LogP contribution is -2.49. The van der Waals surface area contributed by atoms with E-state index in [1.54, 1.807) is 48.6 Å². The fourth-order valence-corrected chi connectivity index (χ4v) is 3.14. The molecule has 0 bridgehead atoms. The molecule has 1 aliphatic rings. The molecule has 90 valence electrons. The summed E-state index contributed by atoms with van der Waals surface area (Å²) in [7, 11) is -4.35. The van der Waals surface area contributed by atoms with Gasteiger partial charge in [-0.05, 0) is 5.56 Å². The van der Waals surface area contributed by atoms with Crippen molar-refractivity contribution < 1.29 is 13.0 Å². The summed E-state index contributed by atoms with van der Waals surface area (Å²) in [4.78, 5) is 0. The van der Waals surface area contributed by atoms with Crippen molar-refractivity contribution in [2.75, 3.05) is 0 Å². The van der Waals surface area contributed by atoms with Crippen molar-refractivity contribution in [3.8, 4) is 0 Å². The Kier molecular flexibility index (Phi) is 2.91. The highest BCUT2D eigenvalue weighted by atomic mass is 32.2. The number of rotatable bonds is 2. The van der Waals surface area contributed by atoms with E-state index in [-0.39, 0.29) is 0 Å². The van der Waals surface area contributed by atoms with E-state index in [1.807, 2.05) is 0 Å². The first kappa shape index (κ1) is 12.0. The number of benzene rings is 1. The molecule has 0 saturated carbocycles. The summed E-state index contributed by atoms with van der Waals surface area (Å²) in [6.07, 6.45) is 6.21. The summed E-state index contributed by atoms with van der Waals surface area (Å²) in [6, 6.07) is 7.65. The van der Waals surface area contributed by atoms with Gasteiger partial charge in [-0.25, -0.2) is 0 Å². The number of hydrogen-bond acceptors (Lipinski definition) is 3. The molecule has 0 aromatic heterocycles.